The molecule has 0 aliphatic heterocycles. The van der Waals surface area contributed by atoms with E-state index in [0.29, 0.717) is 17.5 Å². The lowest BCUT2D eigenvalue weighted by atomic mass is 9.82. The molecule has 0 radical (unpaired) electrons. The summed E-state index contributed by atoms with van der Waals surface area (Å²) >= 11 is 0. The monoisotopic (exact) mass is 667 g/mol. The van der Waals surface area contributed by atoms with Gasteiger partial charge in [-0.3, -0.25) is 0 Å². The molecule has 0 saturated heterocycles. The SMILES string of the molecule is CC1(C)c2ccccc2-c2ccc(-c3nc(-c4cccc(-c5ccccc5)c4)nc(-c4ccc5c(c4)oc4cccc(-c6ccccc6)c45)n3)cc21. The van der Waals surface area contributed by atoms with E-state index in [-0.39, 0.29) is 5.41 Å². The summed E-state index contributed by atoms with van der Waals surface area (Å²) in [5.74, 6) is 1.85. The van der Waals surface area contributed by atoms with Crippen molar-refractivity contribution in [1.82, 2.24) is 15.0 Å². The van der Waals surface area contributed by atoms with Gasteiger partial charge in [-0.25, -0.2) is 15.0 Å². The van der Waals surface area contributed by atoms with E-state index < -0.39 is 0 Å². The third-order valence-corrected chi connectivity index (χ3v) is 10.5. The first-order valence-electron chi connectivity index (χ1n) is 17.7. The Labute approximate surface area is 302 Å². The minimum Gasteiger partial charge on any atom is -0.456 e. The van der Waals surface area contributed by atoms with Gasteiger partial charge in [0.2, 0.25) is 0 Å². The summed E-state index contributed by atoms with van der Waals surface area (Å²) < 4.78 is 6.50. The molecule has 52 heavy (non-hydrogen) atoms. The molecule has 2 aromatic heterocycles. The van der Waals surface area contributed by atoms with Crippen molar-refractivity contribution < 1.29 is 4.42 Å². The van der Waals surface area contributed by atoms with Crippen LogP contribution in [0.25, 0.3) is 89.5 Å². The zero-order valence-electron chi connectivity index (χ0n) is 28.8. The normalized spacial score (nSPS) is 13.0. The van der Waals surface area contributed by atoms with Crippen molar-refractivity contribution in [2.45, 2.75) is 19.3 Å². The Morgan fingerprint density at radius 1 is 0.385 bits per heavy atom. The minimum atomic E-state index is -0.143. The second-order valence-electron chi connectivity index (χ2n) is 14.0. The van der Waals surface area contributed by atoms with Gasteiger partial charge in [-0.2, -0.15) is 0 Å². The van der Waals surface area contributed by atoms with Crippen LogP contribution in [0, 0.1) is 0 Å². The number of hydrogen-bond donors (Lipinski definition) is 0. The Morgan fingerprint density at radius 2 is 0.942 bits per heavy atom. The second-order valence-corrected chi connectivity index (χ2v) is 14.0. The van der Waals surface area contributed by atoms with Crippen LogP contribution in [0.5, 0.6) is 0 Å². The van der Waals surface area contributed by atoms with Gasteiger partial charge in [-0.05, 0) is 74.8 Å². The average molecular weight is 668 g/mol. The van der Waals surface area contributed by atoms with Crippen LogP contribution in [-0.4, -0.2) is 15.0 Å². The van der Waals surface area contributed by atoms with Crippen molar-refractivity contribution in [3.63, 3.8) is 0 Å². The summed E-state index contributed by atoms with van der Waals surface area (Å²) in [5.41, 5.74) is 14.0. The highest BCUT2D eigenvalue weighted by Crippen LogP contribution is 2.49. The third kappa shape index (κ3) is 4.87. The summed E-state index contributed by atoms with van der Waals surface area (Å²) in [6.07, 6.45) is 0. The van der Waals surface area contributed by atoms with Crippen LogP contribution in [0.4, 0.5) is 0 Å². The highest BCUT2D eigenvalue weighted by molar-refractivity contribution is 6.13. The van der Waals surface area contributed by atoms with Crippen LogP contribution in [0.15, 0.2) is 168 Å². The van der Waals surface area contributed by atoms with E-state index in [1.165, 1.54) is 22.3 Å². The summed E-state index contributed by atoms with van der Waals surface area (Å²) in [7, 11) is 0. The Morgan fingerprint density at radius 3 is 1.71 bits per heavy atom. The number of hydrogen-bond acceptors (Lipinski definition) is 4. The van der Waals surface area contributed by atoms with Crippen LogP contribution in [-0.2, 0) is 5.41 Å². The van der Waals surface area contributed by atoms with E-state index in [1.807, 2.05) is 18.2 Å². The Kier molecular flexibility index (Phi) is 6.80. The first-order chi connectivity index (χ1) is 25.5. The lowest BCUT2D eigenvalue weighted by Crippen LogP contribution is -2.15. The van der Waals surface area contributed by atoms with Gasteiger partial charge in [0.25, 0.3) is 0 Å². The number of aromatic nitrogens is 3. The summed E-state index contributed by atoms with van der Waals surface area (Å²) in [6.45, 7) is 4.60. The molecule has 4 heteroatoms. The molecule has 0 N–H and O–H groups in total. The fourth-order valence-electron chi connectivity index (χ4n) is 7.90. The zero-order chi connectivity index (χ0) is 34.8. The van der Waals surface area contributed by atoms with Crippen LogP contribution < -0.4 is 0 Å². The fourth-order valence-corrected chi connectivity index (χ4v) is 7.90. The molecule has 2 heterocycles. The predicted octanol–water partition coefficient (Wildman–Crippen LogP) is 12.4. The van der Waals surface area contributed by atoms with Crippen molar-refractivity contribution in [1.29, 1.82) is 0 Å². The van der Waals surface area contributed by atoms with Gasteiger partial charge in [0.1, 0.15) is 11.2 Å². The molecule has 0 amide bonds. The van der Waals surface area contributed by atoms with Gasteiger partial charge >= 0.3 is 0 Å². The Hall–Kier alpha value is -6.65. The van der Waals surface area contributed by atoms with E-state index in [2.05, 4.69) is 159 Å². The fraction of sp³-hybridized carbons (Fsp3) is 0.0625. The number of nitrogens with zero attached hydrogens (tertiary/aromatic N) is 3. The van der Waals surface area contributed by atoms with Crippen LogP contribution in [0.2, 0.25) is 0 Å². The molecule has 1 aliphatic rings. The summed E-state index contributed by atoms with van der Waals surface area (Å²) in [5, 5.41) is 2.16. The predicted molar refractivity (Wildman–Crippen MR) is 212 cm³/mol. The second kappa shape index (κ2) is 11.7. The average Bonchev–Trinajstić information content (AvgIpc) is 3.70. The van der Waals surface area contributed by atoms with E-state index in [1.54, 1.807) is 0 Å². The van der Waals surface area contributed by atoms with Crippen molar-refractivity contribution in [2.24, 2.45) is 0 Å². The minimum absolute atomic E-state index is 0.143. The lowest BCUT2D eigenvalue weighted by molar-refractivity contribution is 0.660. The number of fused-ring (bicyclic) bond motifs is 6. The maximum atomic E-state index is 6.50. The maximum Gasteiger partial charge on any atom is 0.164 e. The van der Waals surface area contributed by atoms with E-state index in [4.69, 9.17) is 19.4 Å². The van der Waals surface area contributed by atoms with Gasteiger partial charge in [-0.15, -0.1) is 0 Å². The van der Waals surface area contributed by atoms with Gasteiger partial charge in [0.05, 0.1) is 0 Å². The van der Waals surface area contributed by atoms with Crippen molar-refractivity contribution in [3.8, 4) is 67.5 Å². The molecule has 1 aliphatic carbocycles. The Balaban J connectivity index is 1.15. The Bertz CT molecular complexity index is 2820. The van der Waals surface area contributed by atoms with Gasteiger partial charge in [0, 0.05) is 32.9 Å². The summed E-state index contributed by atoms with van der Waals surface area (Å²) in [6, 6.07) is 57.2. The highest BCUT2D eigenvalue weighted by atomic mass is 16.3. The highest BCUT2D eigenvalue weighted by Gasteiger charge is 2.35. The smallest absolute Gasteiger partial charge is 0.164 e. The van der Waals surface area contributed by atoms with Gasteiger partial charge in [0.15, 0.2) is 17.5 Å². The largest absolute Gasteiger partial charge is 0.456 e. The number of benzene rings is 7. The molecule has 0 saturated carbocycles. The van der Waals surface area contributed by atoms with E-state index in [9.17, 15) is 0 Å². The molecule has 7 aromatic carbocycles. The molecule has 0 spiro atoms. The van der Waals surface area contributed by atoms with Crippen molar-refractivity contribution in [3.05, 3.63) is 175 Å². The molecule has 0 fully saturated rings. The summed E-state index contributed by atoms with van der Waals surface area (Å²) in [4.78, 5) is 15.4. The molecule has 246 valence electrons. The van der Waals surface area contributed by atoms with Crippen LogP contribution in [0.3, 0.4) is 0 Å². The molecule has 9 aromatic rings. The van der Waals surface area contributed by atoms with Crippen molar-refractivity contribution >= 4 is 21.9 Å². The van der Waals surface area contributed by atoms with Crippen molar-refractivity contribution in [2.75, 3.05) is 0 Å². The topological polar surface area (TPSA) is 51.8 Å². The quantitative estimate of drug-likeness (QED) is 0.183. The molecule has 0 unspecified atom stereocenters. The van der Waals surface area contributed by atoms with Crippen LogP contribution in [0.1, 0.15) is 25.0 Å². The maximum absolute atomic E-state index is 6.50. The van der Waals surface area contributed by atoms with Gasteiger partial charge < -0.3 is 4.42 Å². The van der Waals surface area contributed by atoms with E-state index >= 15 is 0 Å². The third-order valence-electron chi connectivity index (χ3n) is 10.5. The lowest BCUT2D eigenvalue weighted by Gasteiger charge is -2.21. The molecular formula is C48H33N3O. The van der Waals surface area contributed by atoms with Crippen LogP contribution >= 0.6 is 0 Å². The molecular weight excluding hydrogens is 635 g/mol. The first kappa shape index (κ1) is 30.2. The number of rotatable bonds is 5. The molecule has 0 bridgehead atoms. The molecule has 0 atom stereocenters. The van der Waals surface area contributed by atoms with Gasteiger partial charge in [-0.1, -0.05) is 147 Å². The van der Waals surface area contributed by atoms with E-state index in [0.717, 1.165) is 60.9 Å². The zero-order valence-corrected chi connectivity index (χ0v) is 28.8. The number of furan rings is 1. The standard InChI is InChI=1S/C48H33N3O/c1-48(2)40-21-10-9-19-37(40)38-25-23-34(28-41(38)48)46-49-45(33-18-11-17-32(27-33)30-13-5-3-6-14-30)50-47(51-46)35-24-26-39-43(29-35)52-42-22-12-20-36(44(39)42)31-15-7-4-8-16-31/h3-29H,1-2H3. The first-order valence-corrected chi connectivity index (χ1v) is 17.7. The molecule has 4 nitrogen and oxygen atoms in total. The molecule has 10 rings (SSSR count).